The first kappa shape index (κ1) is 32.4. The summed E-state index contributed by atoms with van der Waals surface area (Å²) in [4.78, 5) is 29.0. The van der Waals surface area contributed by atoms with E-state index in [0.29, 0.717) is 25.3 Å². The van der Waals surface area contributed by atoms with Crippen LogP contribution in [-0.2, 0) is 23.8 Å². The quantitative estimate of drug-likeness (QED) is 0.299. The number of aliphatic hydroxyl groups is 1. The molecule has 2 heterocycles. The third kappa shape index (κ3) is 7.65. The summed E-state index contributed by atoms with van der Waals surface area (Å²) < 4.78 is 18.5. The number of cyclic esters (lactones) is 1. The molecule has 7 heteroatoms. The minimum Gasteiger partial charge on any atom is -0.458 e. The van der Waals surface area contributed by atoms with E-state index in [1.807, 2.05) is 27.7 Å². The molecule has 0 spiro atoms. The molecule has 1 saturated heterocycles. The number of ether oxygens (including phenoxy) is 3. The SMILES string of the molecule is C=C[C@]1(O)/C=C(\C)C(=C)[C@H](C)C[C@H](C)[C@H](O[C@H]2C[C@@H](N(C)C)C[C@@H](C)O2)[C@@H](C)C(=O)[C@@H](C)C(=O)O[C@@H]1CC. The summed E-state index contributed by atoms with van der Waals surface area (Å²) in [6.07, 6.45) is 4.00. The lowest BCUT2D eigenvalue weighted by atomic mass is 9.79. The molecule has 1 fully saturated rings. The van der Waals surface area contributed by atoms with Crippen molar-refractivity contribution in [2.24, 2.45) is 23.7 Å². The molecule has 38 heavy (non-hydrogen) atoms. The van der Waals surface area contributed by atoms with Gasteiger partial charge in [0.1, 0.15) is 17.6 Å². The van der Waals surface area contributed by atoms with Crippen molar-refractivity contribution < 1.29 is 28.9 Å². The summed E-state index contributed by atoms with van der Waals surface area (Å²) in [5.74, 6) is -2.44. The van der Waals surface area contributed by atoms with Gasteiger partial charge in [0.2, 0.25) is 0 Å². The fourth-order valence-corrected chi connectivity index (χ4v) is 5.87. The summed E-state index contributed by atoms with van der Waals surface area (Å²) in [6, 6.07) is 0.318. The number of hydrogen-bond donors (Lipinski definition) is 1. The second-order valence-electron chi connectivity index (χ2n) is 11.9. The number of ketones is 1. The molecule has 216 valence electrons. The van der Waals surface area contributed by atoms with Crippen molar-refractivity contribution in [3.05, 3.63) is 36.5 Å². The molecule has 7 nitrogen and oxygen atoms in total. The fourth-order valence-electron chi connectivity index (χ4n) is 5.87. The van der Waals surface area contributed by atoms with Gasteiger partial charge in [0.25, 0.3) is 0 Å². The molecule has 0 aromatic heterocycles. The number of Topliss-reactive ketones (excluding diaryl/α,β-unsaturated/α-hetero) is 1. The molecule has 0 aliphatic carbocycles. The van der Waals surface area contributed by atoms with E-state index in [0.717, 1.165) is 17.6 Å². The second-order valence-corrected chi connectivity index (χ2v) is 11.9. The summed E-state index contributed by atoms with van der Waals surface area (Å²) in [6.45, 7) is 21.5. The van der Waals surface area contributed by atoms with E-state index >= 15 is 0 Å². The molecule has 0 amide bonds. The van der Waals surface area contributed by atoms with Gasteiger partial charge >= 0.3 is 5.97 Å². The summed E-state index contributed by atoms with van der Waals surface area (Å²) in [5.41, 5.74) is 0.105. The van der Waals surface area contributed by atoms with Crippen LogP contribution >= 0.6 is 0 Å². The number of hydrogen-bond acceptors (Lipinski definition) is 7. The highest BCUT2D eigenvalue weighted by atomic mass is 16.7. The van der Waals surface area contributed by atoms with Gasteiger partial charge in [-0.3, -0.25) is 9.59 Å². The standard InChI is InChI=1S/C31H51NO6/c1-12-26-31(35,13-2)17-20(5)22(7)18(3)14-19(4)29(23(8)28(33)24(9)30(34)37-26)38-27-16-25(32(10)11)15-21(6)36-27/h13,17-19,21,23-27,29,35H,2,7,12,14-16H2,1,3-6,8-11H3/b20-17+/t18-,19+,21-,23+,24-,25+,26-,27+,29+,31+/m1/s1. The summed E-state index contributed by atoms with van der Waals surface area (Å²) in [7, 11) is 4.12. The predicted molar refractivity (Wildman–Crippen MR) is 150 cm³/mol. The second kappa shape index (κ2) is 13.5. The van der Waals surface area contributed by atoms with E-state index in [1.165, 1.54) is 6.08 Å². The first-order chi connectivity index (χ1) is 17.6. The average Bonchev–Trinajstić information content (AvgIpc) is 2.87. The van der Waals surface area contributed by atoms with Gasteiger partial charge < -0.3 is 24.2 Å². The number of rotatable bonds is 5. The van der Waals surface area contributed by atoms with Gasteiger partial charge in [0.15, 0.2) is 12.1 Å². The van der Waals surface area contributed by atoms with E-state index in [9.17, 15) is 14.7 Å². The van der Waals surface area contributed by atoms with Gasteiger partial charge in [0.05, 0.1) is 12.2 Å². The van der Waals surface area contributed by atoms with Crippen LogP contribution in [0.2, 0.25) is 0 Å². The Bertz CT molecular complexity index is 897. The Hall–Kier alpha value is -1.80. The van der Waals surface area contributed by atoms with Crippen LogP contribution in [0, 0.1) is 23.7 Å². The largest absolute Gasteiger partial charge is 0.458 e. The summed E-state index contributed by atoms with van der Waals surface area (Å²) >= 11 is 0. The number of allylic oxidation sites excluding steroid dienone is 2. The minimum atomic E-state index is -1.58. The van der Waals surface area contributed by atoms with Crippen LogP contribution in [0.4, 0.5) is 0 Å². The maximum atomic E-state index is 13.6. The number of nitrogens with zero attached hydrogens (tertiary/aromatic N) is 1. The van der Waals surface area contributed by atoms with Gasteiger partial charge in [-0.1, -0.05) is 46.9 Å². The Balaban J connectivity index is 2.47. The first-order valence-electron chi connectivity index (χ1n) is 14.1. The van der Waals surface area contributed by atoms with Gasteiger partial charge in [0, 0.05) is 18.4 Å². The lowest BCUT2D eigenvalue weighted by molar-refractivity contribution is -0.236. The average molecular weight is 534 g/mol. The van der Waals surface area contributed by atoms with E-state index in [-0.39, 0.29) is 23.7 Å². The van der Waals surface area contributed by atoms with Crippen molar-refractivity contribution in [2.45, 2.75) is 110 Å². The Morgan fingerprint density at radius 2 is 1.79 bits per heavy atom. The minimum absolute atomic E-state index is 0.0278. The van der Waals surface area contributed by atoms with Crippen LogP contribution in [0.5, 0.6) is 0 Å². The number of carbonyl (C=O) groups is 2. The van der Waals surface area contributed by atoms with Crippen molar-refractivity contribution in [3.8, 4) is 0 Å². The molecule has 0 bridgehead atoms. The van der Waals surface area contributed by atoms with Crippen LogP contribution in [0.15, 0.2) is 36.5 Å². The molecule has 10 atom stereocenters. The van der Waals surface area contributed by atoms with Crippen molar-refractivity contribution >= 4 is 11.8 Å². The van der Waals surface area contributed by atoms with Crippen LogP contribution in [0.1, 0.15) is 74.1 Å². The van der Waals surface area contributed by atoms with Gasteiger partial charge in [-0.15, -0.1) is 0 Å². The van der Waals surface area contributed by atoms with E-state index in [4.69, 9.17) is 14.2 Å². The molecule has 0 aromatic carbocycles. The van der Waals surface area contributed by atoms with Crippen LogP contribution in [0.3, 0.4) is 0 Å². The van der Waals surface area contributed by atoms with E-state index in [1.54, 1.807) is 13.0 Å². The highest BCUT2D eigenvalue weighted by molar-refractivity contribution is 6.00. The molecule has 2 aliphatic rings. The molecule has 2 aliphatic heterocycles. The first-order valence-corrected chi connectivity index (χ1v) is 14.1. The lowest BCUT2D eigenvalue weighted by Crippen LogP contribution is -2.48. The van der Waals surface area contributed by atoms with Crippen LogP contribution in [0.25, 0.3) is 0 Å². The zero-order chi connectivity index (χ0) is 28.9. The molecule has 0 radical (unpaired) electrons. The molecule has 0 aromatic rings. The van der Waals surface area contributed by atoms with E-state index in [2.05, 4.69) is 46.0 Å². The Morgan fingerprint density at radius 1 is 1.16 bits per heavy atom. The number of carbonyl (C=O) groups excluding carboxylic acids is 2. The Labute approximate surface area is 230 Å². The van der Waals surface area contributed by atoms with Crippen LogP contribution in [-0.4, -0.2) is 72.1 Å². The number of esters is 1. The molecule has 0 saturated carbocycles. The molecule has 2 rings (SSSR count). The van der Waals surface area contributed by atoms with Gasteiger partial charge in [-0.05, 0) is 83.2 Å². The third-order valence-corrected chi connectivity index (χ3v) is 8.52. The zero-order valence-electron chi connectivity index (χ0n) is 25.0. The normalized spacial score (nSPS) is 41.7. The van der Waals surface area contributed by atoms with Crippen molar-refractivity contribution in [1.82, 2.24) is 4.90 Å². The lowest BCUT2D eigenvalue weighted by Gasteiger charge is -2.41. The monoisotopic (exact) mass is 533 g/mol. The molecule has 1 N–H and O–H groups in total. The maximum absolute atomic E-state index is 13.6. The smallest absolute Gasteiger partial charge is 0.316 e. The van der Waals surface area contributed by atoms with Gasteiger partial charge in [-0.25, -0.2) is 0 Å². The topological polar surface area (TPSA) is 85.3 Å². The van der Waals surface area contributed by atoms with Crippen molar-refractivity contribution in [2.75, 3.05) is 14.1 Å². The highest BCUT2D eigenvalue weighted by Crippen LogP contribution is 2.35. The van der Waals surface area contributed by atoms with E-state index < -0.39 is 41.9 Å². The van der Waals surface area contributed by atoms with Crippen molar-refractivity contribution in [3.63, 3.8) is 0 Å². The third-order valence-electron chi connectivity index (χ3n) is 8.52. The fraction of sp³-hybridized carbons (Fsp3) is 0.742. The Morgan fingerprint density at radius 3 is 2.34 bits per heavy atom. The predicted octanol–water partition coefficient (Wildman–Crippen LogP) is 5.09. The molecular formula is C31H51NO6. The van der Waals surface area contributed by atoms with Gasteiger partial charge in [-0.2, -0.15) is 0 Å². The zero-order valence-corrected chi connectivity index (χ0v) is 25.0. The Kier molecular flexibility index (Phi) is 11.5. The molecule has 0 unspecified atom stereocenters. The maximum Gasteiger partial charge on any atom is 0.316 e. The highest BCUT2D eigenvalue weighted by Gasteiger charge is 2.42. The summed E-state index contributed by atoms with van der Waals surface area (Å²) in [5, 5.41) is 11.4. The molecular weight excluding hydrogens is 482 g/mol. The van der Waals surface area contributed by atoms with Crippen LogP contribution < -0.4 is 0 Å². The van der Waals surface area contributed by atoms with Crippen molar-refractivity contribution in [1.29, 1.82) is 0 Å².